The lowest BCUT2D eigenvalue weighted by Crippen LogP contribution is -2.45. The monoisotopic (exact) mass is 302 g/mol. The zero-order valence-electron chi connectivity index (χ0n) is 12.1. The van der Waals surface area contributed by atoms with E-state index in [1.807, 2.05) is 18.3 Å². The summed E-state index contributed by atoms with van der Waals surface area (Å²) in [5.74, 6) is 0.573. The van der Waals surface area contributed by atoms with E-state index in [1.54, 1.807) is 12.4 Å². The zero-order valence-corrected chi connectivity index (χ0v) is 12.1. The molecular weight excluding hydrogens is 284 g/mol. The number of rotatable bonds is 5. The van der Waals surface area contributed by atoms with Gasteiger partial charge in [0.25, 0.3) is 5.91 Å². The Morgan fingerprint density at radius 1 is 1.45 bits per heavy atom. The van der Waals surface area contributed by atoms with Crippen LogP contribution in [0.4, 0.5) is 0 Å². The van der Waals surface area contributed by atoms with Crippen molar-refractivity contribution >= 4 is 5.91 Å². The first-order valence-corrected chi connectivity index (χ1v) is 7.52. The van der Waals surface area contributed by atoms with Crippen molar-refractivity contribution in [1.29, 1.82) is 0 Å². The molecule has 1 aliphatic carbocycles. The van der Waals surface area contributed by atoms with Crippen molar-refractivity contribution in [2.45, 2.75) is 31.0 Å². The Bertz CT molecular complexity index is 648. The van der Waals surface area contributed by atoms with Gasteiger partial charge in [-0.2, -0.15) is 5.10 Å². The van der Waals surface area contributed by atoms with Gasteiger partial charge in [0.1, 0.15) is 11.8 Å². The summed E-state index contributed by atoms with van der Waals surface area (Å²) in [6.07, 6.45) is 7.34. The molecule has 4 rings (SSSR count). The Morgan fingerprint density at radius 2 is 2.36 bits per heavy atom. The van der Waals surface area contributed by atoms with E-state index in [2.05, 4.69) is 20.1 Å². The van der Waals surface area contributed by atoms with Crippen molar-refractivity contribution in [1.82, 2.24) is 20.1 Å². The third-order valence-corrected chi connectivity index (χ3v) is 4.06. The molecule has 0 bridgehead atoms. The minimum Gasteiger partial charge on any atom is -0.482 e. The molecule has 2 fully saturated rings. The summed E-state index contributed by atoms with van der Waals surface area (Å²) >= 11 is 0. The summed E-state index contributed by atoms with van der Waals surface area (Å²) in [7, 11) is 0. The van der Waals surface area contributed by atoms with Crippen LogP contribution in [0.3, 0.4) is 0 Å². The second kappa shape index (κ2) is 5.49. The number of amides is 1. The second-order valence-corrected chi connectivity index (χ2v) is 5.74. The Balaban J connectivity index is 1.43. The molecule has 0 spiro atoms. The highest BCUT2D eigenvalue weighted by Crippen LogP contribution is 2.36. The molecule has 2 aromatic rings. The van der Waals surface area contributed by atoms with Crippen LogP contribution in [-0.4, -0.2) is 46.0 Å². The first-order chi connectivity index (χ1) is 10.8. The summed E-state index contributed by atoms with van der Waals surface area (Å²) in [5.41, 5.74) is 0.705. The van der Waals surface area contributed by atoms with Crippen molar-refractivity contribution in [3.05, 3.63) is 36.4 Å². The number of ether oxygens (including phenoxy) is 2. The molecule has 7 heteroatoms. The highest BCUT2D eigenvalue weighted by Gasteiger charge is 2.33. The number of carbonyl (C=O) groups excluding carboxylic acids is 1. The van der Waals surface area contributed by atoms with Crippen molar-refractivity contribution in [2.24, 2.45) is 0 Å². The molecule has 22 heavy (non-hydrogen) atoms. The number of hydrogen-bond acceptors (Lipinski definition) is 4. The van der Waals surface area contributed by atoms with Crippen LogP contribution in [0.5, 0.6) is 5.75 Å². The first-order valence-electron chi connectivity index (χ1n) is 7.52. The molecular formula is C15H18N4O3. The minimum absolute atomic E-state index is 0.0757. The lowest BCUT2D eigenvalue weighted by Gasteiger charge is -2.20. The standard InChI is InChI=1S/C15H18N4O3/c20-15(13-2-1-5-19(13)10-3-4-10)18-12-8-21-9-14(12)22-11-6-16-17-7-11/h1-2,5-7,10,12,14H,3-4,8-9H2,(H,16,17)(H,18,20)/t12-,14+/m0/s1. The Hall–Kier alpha value is -2.28. The summed E-state index contributed by atoms with van der Waals surface area (Å²) in [4.78, 5) is 12.5. The van der Waals surface area contributed by atoms with Gasteiger partial charge < -0.3 is 19.4 Å². The van der Waals surface area contributed by atoms with Crippen LogP contribution in [0.25, 0.3) is 0 Å². The van der Waals surface area contributed by atoms with Gasteiger partial charge in [-0.3, -0.25) is 9.89 Å². The van der Waals surface area contributed by atoms with E-state index in [1.165, 1.54) is 0 Å². The van der Waals surface area contributed by atoms with Crippen LogP contribution in [0, 0.1) is 0 Å². The molecule has 2 aromatic heterocycles. The smallest absolute Gasteiger partial charge is 0.268 e. The lowest BCUT2D eigenvalue weighted by atomic mass is 10.2. The average Bonchev–Trinajstić information content (AvgIpc) is 2.97. The Kier molecular flexibility index (Phi) is 3.34. The van der Waals surface area contributed by atoms with Crippen LogP contribution in [0.2, 0.25) is 0 Å². The van der Waals surface area contributed by atoms with E-state index in [-0.39, 0.29) is 18.1 Å². The van der Waals surface area contributed by atoms with E-state index in [0.29, 0.717) is 30.7 Å². The molecule has 2 atom stereocenters. The van der Waals surface area contributed by atoms with Crippen molar-refractivity contribution in [2.75, 3.05) is 13.2 Å². The Labute approximate surface area is 127 Å². The predicted octanol–water partition coefficient (Wildman–Crippen LogP) is 1.12. The molecule has 1 amide bonds. The number of nitrogens with one attached hydrogen (secondary N) is 2. The summed E-state index contributed by atoms with van der Waals surface area (Å²) in [6, 6.07) is 4.09. The van der Waals surface area contributed by atoms with Crippen molar-refractivity contribution in [3.63, 3.8) is 0 Å². The largest absolute Gasteiger partial charge is 0.482 e. The SMILES string of the molecule is O=C(N[C@H]1COC[C@H]1Oc1cn[nH]c1)c1cccn1C1CC1. The fourth-order valence-corrected chi connectivity index (χ4v) is 2.76. The molecule has 3 heterocycles. The molecule has 0 aromatic carbocycles. The van der Waals surface area contributed by atoms with Crippen molar-refractivity contribution in [3.8, 4) is 5.75 Å². The lowest BCUT2D eigenvalue weighted by molar-refractivity contribution is 0.0894. The molecule has 0 radical (unpaired) electrons. The molecule has 7 nitrogen and oxygen atoms in total. The third-order valence-electron chi connectivity index (χ3n) is 4.06. The minimum atomic E-state index is -0.203. The number of aromatic nitrogens is 3. The molecule has 1 saturated heterocycles. The maximum absolute atomic E-state index is 12.5. The highest BCUT2D eigenvalue weighted by atomic mass is 16.5. The predicted molar refractivity (Wildman–Crippen MR) is 77.8 cm³/mol. The first kappa shape index (κ1) is 13.4. The number of hydrogen-bond donors (Lipinski definition) is 2. The van der Waals surface area contributed by atoms with Crippen LogP contribution in [-0.2, 0) is 4.74 Å². The van der Waals surface area contributed by atoms with E-state index < -0.39 is 0 Å². The maximum Gasteiger partial charge on any atom is 0.268 e. The summed E-state index contributed by atoms with van der Waals surface area (Å²) < 4.78 is 13.3. The number of H-pyrrole nitrogens is 1. The molecule has 116 valence electrons. The zero-order chi connectivity index (χ0) is 14.9. The fraction of sp³-hybridized carbons (Fsp3) is 0.467. The fourth-order valence-electron chi connectivity index (χ4n) is 2.76. The van der Waals surface area contributed by atoms with Gasteiger partial charge in [-0.1, -0.05) is 0 Å². The van der Waals surface area contributed by atoms with Gasteiger partial charge in [0.2, 0.25) is 0 Å². The van der Waals surface area contributed by atoms with Crippen LogP contribution in [0.1, 0.15) is 29.4 Å². The number of nitrogens with zero attached hydrogens (tertiary/aromatic N) is 2. The van der Waals surface area contributed by atoms with Gasteiger partial charge in [-0.25, -0.2) is 0 Å². The topological polar surface area (TPSA) is 81.2 Å². The summed E-state index contributed by atoms with van der Waals surface area (Å²) in [5, 5.41) is 9.58. The van der Waals surface area contributed by atoms with Gasteiger partial charge in [0, 0.05) is 12.2 Å². The quantitative estimate of drug-likeness (QED) is 0.867. The van der Waals surface area contributed by atoms with Gasteiger partial charge in [-0.15, -0.1) is 0 Å². The highest BCUT2D eigenvalue weighted by molar-refractivity contribution is 5.93. The molecule has 1 saturated carbocycles. The van der Waals surface area contributed by atoms with Crippen LogP contribution < -0.4 is 10.1 Å². The Morgan fingerprint density at radius 3 is 3.14 bits per heavy atom. The van der Waals surface area contributed by atoms with Crippen LogP contribution in [0.15, 0.2) is 30.7 Å². The number of aromatic amines is 1. The van der Waals surface area contributed by atoms with E-state index >= 15 is 0 Å². The van der Waals surface area contributed by atoms with Crippen molar-refractivity contribution < 1.29 is 14.3 Å². The van der Waals surface area contributed by atoms with Gasteiger partial charge in [-0.05, 0) is 25.0 Å². The average molecular weight is 302 g/mol. The summed E-state index contributed by atoms with van der Waals surface area (Å²) in [6.45, 7) is 0.915. The molecule has 1 aliphatic heterocycles. The molecule has 2 aliphatic rings. The maximum atomic E-state index is 12.5. The van der Waals surface area contributed by atoms with Gasteiger partial charge in [0.15, 0.2) is 5.75 Å². The van der Waals surface area contributed by atoms with E-state index in [4.69, 9.17) is 9.47 Å². The van der Waals surface area contributed by atoms with E-state index in [0.717, 1.165) is 12.8 Å². The van der Waals surface area contributed by atoms with Gasteiger partial charge >= 0.3 is 0 Å². The normalized spacial score (nSPS) is 24.4. The van der Waals surface area contributed by atoms with Gasteiger partial charge in [0.05, 0.1) is 31.6 Å². The molecule has 2 N–H and O–H groups in total. The van der Waals surface area contributed by atoms with Crippen LogP contribution >= 0.6 is 0 Å². The number of carbonyl (C=O) groups is 1. The molecule has 0 unspecified atom stereocenters. The second-order valence-electron chi connectivity index (χ2n) is 5.74. The third kappa shape index (κ3) is 2.59. The van der Waals surface area contributed by atoms with E-state index in [9.17, 15) is 4.79 Å².